The maximum Gasteiger partial charge on any atom is 0.287 e. The molecule has 4 nitrogen and oxygen atoms in total. The molecule has 1 atom stereocenters. The molecule has 118 valence electrons. The molecule has 0 aliphatic heterocycles. The predicted molar refractivity (Wildman–Crippen MR) is 89.3 cm³/mol. The average molecular weight is 309 g/mol. The number of rotatable bonds is 5. The third-order valence-electron chi connectivity index (χ3n) is 3.94. The molecule has 4 heteroatoms. The van der Waals surface area contributed by atoms with Gasteiger partial charge in [0.2, 0.25) is 0 Å². The SMILES string of the molecule is Cc1c(C(=O)NCCC(O)c2ccccc2)oc2ccccc12. The minimum atomic E-state index is -0.590. The fourth-order valence-corrected chi connectivity index (χ4v) is 2.64. The highest BCUT2D eigenvalue weighted by molar-refractivity contribution is 5.98. The summed E-state index contributed by atoms with van der Waals surface area (Å²) < 4.78 is 5.63. The number of aliphatic hydroxyl groups is 1. The van der Waals surface area contributed by atoms with Crippen molar-refractivity contribution >= 4 is 16.9 Å². The topological polar surface area (TPSA) is 62.5 Å². The van der Waals surface area contributed by atoms with Crippen molar-refractivity contribution in [2.24, 2.45) is 0 Å². The Morgan fingerprint density at radius 1 is 1.13 bits per heavy atom. The molecular formula is C19H19NO3. The lowest BCUT2D eigenvalue weighted by atomic mass is 10.1. The molecule has 1 unspecified atom stereocenters. The molecule has 0 fully saturated rings. The summed E-state index contributed by atoms with van der Waals surface area (Å²) >= 11 is 0. The average Bonchev–Trinajstić information content (AvgIpc) is 2.93. The Kier molecular flexibility index (Phi) is 4.44. The molecule has 0 aliphatic rings. The number of carbonyl (C=O) groups excluding carboxylic acids is 1. The van der Waals surface area contributed by atoms with Crippen LogP contribution in [0, 0.1) is 6.92 Å². The highest BCUT2D eigenvalue weighted by atomic mass is 16.3. The van der Waals surface area contributed by atoms with Gasteiger partial charge in [0, 0.05) is 17.5 Å². The van der Waals surface area contributed by atoms with Crippen LogP contribution < -0.4 is 5.32 Å². The number of aliphatic hydroxyl groups excluding tert-OH is 1. The second-order valence-electron chi connectivity index (χ2n) is 5.52. The molecule has 0 bridgehead atoms. The van der Waals surface area contributed by atoms with E-state index in [0.717, 1.165) is 16.5 Å². The number of fused-ring (bicyclic) bond motifs is 1. The second-order valence-corrected chi connectivity index (χ2v) is 5.52. The molecule has 23 heavy (non-hydrogen) atoms. The summed E-state index contributed by atoms with van der Waals surface area (Å²) in [5.74, 6) is 0.0827. The van der Waals surface area contributed by atoms with Crippen LogP contribution in [0.2, 0.25) is 0 Å². The van der Waals surface area contributed by atoms with Gasteiger partial charge in [-0.15, -0.1) is 0 Å². The second kappa shape index (κ2) is 6.67. The van der Waals surface area contributed by atoms with E-state index in [1.165, 1.54) is 0 Å². The standard InChI is InChI=1S/C19H19NO3/c1-13-15-9-5-6-10-17(15)23-18(13)19(22)20-12-11-16(21)14-7-3-2-4-8-14/h2-10,16,21H,11-12H2,1H3,(H,20,22). The van der Waals surface area contributed by atoms with E-state index < -0.39 is 6.10 Å². The van der Waals surface area contributed by atoms with Crippen LogP contribution in [-0.4, -0.2) is 17.6 Å². The molecule has 0 aliphatic carbocycles. The molecule has 2 N–H and O–H groups in total. The lowest BCUT2D eigenvalue weighted by molar-refractivity contribution is 0.0916. The van der Waals surface area contributed by atoms with Gasteiger partial charge in [0.25, 0.3) is 5.91 Å². The lowest BCUT2D eigenvalue weighted by Crippen LogP contribution is -2.25. The van der Waals surface area contributed by atoms with Crippen molar-refractivity contribution in [3.63, 3.8) is 0 Å². The van der Waals surface area contributed by atoms with Gasteiger partial charge in [-0.1, -0.05) is 48.5 Å². The first-order chi connectivity index (χ1) is 11.2. The van der Waals surface area contributed by atoms with Crippen molar-refractivity contribution in [3.8, 4) is 0 Å². The molecule has 3 rings (SSSR count). The highest BCUT2D eigenvalue weighted by Gasteiger charge is 2.17. The Morgan fingerprint density at radius 3 is 2.57 bits per heavy atom. The van der Waals surface area contributed by atoms with Gasteiger partial charge in [-0.3, -0.25) is 4.79 Å². The van der Waals surface area contributed by atoms with Crippen LogP contribution in [0.25, 0.3) is 11.0 Å². The van der Waals surface area contributed by atoms with Crippen LogP contribution in [0.3, 0.4) is 0 Å². The van der Waals surface area contributed by atoms with Crippen LogP contribution in [-0.2, 0) is 0 Å². The van der Waals surface area contributed by atoms with Crippen molar-refractivity contribution in [2.45, 2.75) is 19.4 Å². The van der Waals surface area contributed by atoms with Crippen molar-refractivity contribution in [1.29, 1.82) is 0 Å². The number of furan rings is 1. The fourth-order valence-electron chi connectivity index (χ4n) is 2.64. The molecule has 1 heterocycles. The van der Waals surface area contributed by atoms with Crippen molar-refractivity contribution in [2.75, 3.05) is 6.54 Å². The zero-order chi connectivity index (χ0) is 16.2. The van der Waals surface area contributed by atoms with Gasteiger partial charge in [-0.25, -0.2) is 0 Å². The third-order valence-corrected chi connectivity index (χ3v) is 3.94. The summed E-state index contributed by atoms with van der Waals surface area (Å²) in [6.45, 7) is 2.25. The zero-order valence-corrected chi connectivity index (χ0v) is 13.0. The summed E-state index contributed by atoms with van der Waals surface area (Å²) in [7, 11) is 0. The minimum Gasteiger partial charge on any atom is -0.451 e. The number of hydrogen-bond acceptors (Lipinski definition) is 3. The monoisotopic (exact) mass is 309 g/mol. The molecule has 1 aromatic heterocycles. The highest BCUT2D eigenvalue weighted by Crippen LogP contribution is 2.24. The zero-order valence-electron chi connectivity index (χ0n) is 13.0. The van der Waals surface area contributed by atoms with Crippen molar-refractivity contribution in [3.05, 3.63) is 71.5 Å². The molecule has 0 saturated heterocycles. The summed E-state index contributed by atoms with van der Waals surface area (Å²) in [5.41, 5.74) is 2.39. The summed E-state index contributed by atoms with van der Waals surface area (Å²) in [5, 5.41) is 13.9. The molecule has 2 aromatic carbocycles. The largest absolute Gasteiger partial charge is 0.451 e. The van der Waals surface area contributed by atoms with E-state index in [1.54, 1.807) is 0 Å². The molecule has 1 amide bonds. The van der Waals surface area contributed by atoms with E-state index in [2.05, 4.69) is 5.32 Å². The van der Waals surface area contributed by atoms with E-state index in [-0.39, 0.29) is 5.91 Å². The Labute approximate surface area is 134 Å². The van der Waals surface area contributed by atoms with Crippen LogP contribution >= 0.6 is 0 Å². The predicted octanol–water partition coefficient (Wildman–Crippen LogP) is 3.59. The molecule has 0 saturated carbocycles. The van der Waals surface area contributed by atoms with Crippen LogP contribution in [0.1, 0.15) is 34.2 Å². The summed E-state index contributed by atoms with van der Waals surface area (Å²) in [4.78, 5) is 12.3. The number of benzene rings is 2. The third kappa shape index (κ3) is 3.27. The van der Waals surface area contributed by atoms with E-state index in [4.69, 9.17) is 4.42 Å². The van der Waals surface area contributed by atoms with E-state index in [9.17, 15) is 9.90 Å². The van der Waals surface area contributed by atoms with E-state index >= 15 is 0 Å². The van der Waals surface area contributed by atoms with Gasteiger partial charge < -0.3 is 14.8 Å². The Balaban J connectivity index is 1.62. The van der Waals surface area contributed by atoms with Gasteiger partial charge in [0.05, 0.1) is 6.10 Å². The van der Waals surface area contributed by atoms with Crippen molar-refractivity contribution < 1.29 is 14.3 Å². The quantitative estimate of drug-likeness (QED) is 0.757. The molecular weight excluding hydrogens is 290 g/mol. The van der Waals surface area contributed by atoms with Crippen LogP contribution in [0.15, 0.2) is 59.0 Å². The molecule has 3 aromatic rings. The van der Waals surface area contributed by atoms with Crippen LogP contribution in [0.5, 0.6) is 0 Å². The fraction of sp³-hybridized carbons (Fsp3) is 0.211. The normalized spacial score (nSPS) is 12.3. The molecule has 0 spiro atoms. The minimum absolute atomic E-state index is 0.251. The van der Waals surface area contributed by atoms with E-state index in [0.29, 0.717) is 24.3 Å². The number of hydrogen-bond donors (Lipinski definition) is 2. The maximum atomic E-state index is 12.3. The van der Waals surface area contributed by atoms with E-state index in [1.807, 2.05) is 61.5 Å². The number of aryl methyl sites for hydroxylation is 1. The number of carbonyl (C=O) groups is 1. The Hall–Kier alpha value is -2.59. The first-order valence-corrected chi connectivity index (χ1v) is 7.66. The van der Waals surface area contributed by atoms with Gasteiger partial charge in [-0.2, -0.15) is 0 Å². The number of nitrogens with one attached hydrogen (secondary N) is 1. The first kappa shape index (κ1) is 15.3. The summed E-state index contributed by atoms with van der Waals surface area (Å²) in [6, 6.07) is 17.0. The van der Waals surface area contributed by atoms with Crippen LogP contribution in [0.4, 0.5) is 0 Å². The number of amides is 1. The van der Waals surface area contributed by atoms with Gasteiger partial charge >= 0.3 is 0 Å². The molecule has 0 radical (unpaired) electrons. The van der Waals surface area contributed by atoms with Gasteiger partial charge in [0.1, 0.15) is 5.58 Å². The van der Waals surface area contributed by atoms with Gasteiger partial charge in [0.15, 0.2) is 5.76 Å². The number of para-hydroxylation sites is 1. The lowest BCUT2D eigenvalue weighted by Gasteiger charge is -2.11. The van der Waals surface area contributed by atoms with Gasteiger partial charge in [-0.05, 0) is 25.0 Å². The Bertz CT molecular complexity index is 808. The summed E-state index contributed by atoms with van der Waals surface area (Å²) in [6.07, 6.45) is -0.136. The first-order valence-electron chi connectivity index (χ1n) is 7.66. The Morgan fingerprint density at radius 2 is 1.83 bits per heavy atom. The smallest absolute Gasteiger partial charge is 0.287 e. The van der Waals surface area contributed by atoms with Crippen molar-refractivity contribution in [1.82, 2.24) is 5.32 Å². The maximum absolute atomic E-state index is 12.3.